The van der Waals surface area contributed by atoms with Crippen molar-refractivity contribution in [2.24, 2.45) is 7.05 Å². The summed E-state index contributed by atoms with van der Waals surface area (Å²) < 4.78 is 53.5. The molecule has 35 heavy (non-hydrogen) atoms. The van der Waals surface area contributed by atoms with Crippen molar-refractivity contribution in [2.75, 3.05) is 0 Å². The van der Waals surface area contributed by atoms with E-state index < -0.39 is 23.3 Å². The van der Waals surface area contributed by atoms with Crippen LogP contribution in [0.1, 0.15) is 35.7 Å². The Hall–Kier alpha value is -3.86. The van der Waals surface area contributed by atoms with Crippen molar-refractivity contribution in [2.45, 2.75) is 25.6 Å². The molecule has 4 rings (SSSR count). The molecule has 0 amide bonds. The lowest BCUT2D eigenvalue weighted by Crippen LogP contribution is -2.29. The molecule has 0 unspecified atom stereocenters. The Morgan fingerprint density at radius 1 is 1.11 bits per heavy atom. The second kappa shape index (κ2) is 8.73. The molecule has 0 atom stereocenters. The predicted octanol–water partition coefficient (Wildman–Crippen LogP) is 5.82. The lowest BCUT2D eigenvalue weighted by molar-refractivity contribution is -0.137. The van der Waals surface area contributed by atoms with E-state index in [1.807, 2.05) is 0 Å². The maximum atomic E-state index is 13.5. The molecule has 182 valence electrons. The molecule has 8 nitrogen and oxygen atoms in total. The highest BCUT2D eigenvalue weighted by Gasteiger charge is 2.36. The van der Waals surface area contributed by atoms with E-state index in [1.165, 1.54) is 28.8 Å². The maximum Gasteiger partial charge on any atom is 0.417 e. The van der Waals surface area contributed by atoms with Gasteiger partial charge in [0.2, 0.25) is 5.89 Å². The van der Waals surface area contributed by atoms with Gasteiger partial charge in [-0.05, 0) is 38.1 Å². The van der Waals surface area contributed by atoms with Gasteiger partial charge >= 0.3 is 12.1 Å². The number of oxazole rings is 1. The van der Waals surface area contributed by atoms with Gasteiger partial charge in [0, 0.05) is 17.6 Å². The number of carbonyl (C=O) groups is 1. The summed E-state index contributed by atoms with van der Waals surface area (Å²) in [5, 5.41) is 17.6. The highest BCUT2D eigenvalue weighted by Crippen LogP contribution is 2.39. The number of carboxylic acids is 1. The number of nitrogens with zero attached hydrogens (tertiary/aromatic N) is 4. The van der Waals surface area contributed by atoms with Gasteiger partial charge in [-0.1, -0.05) is 29.8 Å². The Labute approximate surface area is 202 Å². The third-order valence-corrected chi connectivity index (χ3v) is 5.38. The van der Waals surface area contributed by atoms with Crippen LogP contribution < -0.4 is 4.74 Å². The van der Waals surface area contributed by atoms with Crippen LogP contribution in [0.4, 0.5) is 13.2 Å². The van der Waals surface area contributed by atoms with Crippen molar-refractivity contribution in [1.29, 1.82) is 0 Å². The average molecular weight is 507 g/mol. The first kappa shape index (κ1) is 24.3. The minimum Gasteiger partial charge on any atom is -0.479 e. The molecule has 0 bridgehead atoms. The molecule has 2 heterocycles. The van der Waals surface area contributed by atoms with Crippen molar-refractivity contribution >= 4 is 17.6 Å². The van der Waals surface area contributed by atoms with Gasteiger partial charge in [-0.15, -0.1) is 10.2 Å². The van der Waals surface area contributed by atoms with E-state index in [9.17, 15) is 18.0 Å². The molecule has 1 N–H and O–H groups in total. The summed E-state index contributed by atoms with van der Waals surface area (Å²) >= 11 is 6.11. The van der Waals surface area contributed by atoms with E-state index >= 15 is 0 Å². The third kappa shape index (κ3) is 4.72. The zero-order valence-corrected chi connectivity index (χ0v) is 19.3. The van der Waals surface area contributed by atoms with Gasteiger partial charge in [-0.3, -0.25) is 0 Å². The van der Waals surface area contributed by atoms with Crippen molar-refractivity contribution in [3.8, 4) is 28.6 Å². The lowest BCUT2D eigenvalue weighted by atomic mass is 10.1. The smallest absolute Gasteiger partial charge is 0.417 e. The molecular weight excluding hydrogens is 489 g/mol. The monoisotopic (exact) mass is 506 g/mol. The van der Waals surface area contributed by atoms with Gasteiger partial charge < -0.3 is 18.8 Å². The fourth-order valence-electron chi connectivity index (χ4n) is 3.59. The molecule has 0 saturated heterocycles. The zero-order valence-electron chi connectivity index (χ0n) is 18.6. The molecule has 0 fully saturated rings. The fourth-order valence-corrected chi connectivity index (χ4v) is 3.76. The van der Waals surface area contributed by atoms with Crippen LogP contribution in [0.15, 0.2) is 53.1 Å². The van der Waals surface area contributed by atoms with Crippen LogP contribution in [0.25, 0.3) is 22.8 Å². The van der Waals surface area contributed by atoms with Gasteiger partial charge in [0.1, 0.15) is 12.0 Å². The van der Waals surface area contributed by atoms with Gasteiger partial charge in [-0.25, -0.2) is 9.78 Å². The van der Waals surface area contributed by atoms with E-state index in [2.05, 4.69) is 15.2 Å². The van der Waals surface area contributed by atoms with E-state index in [-0.39, 0.29) is 40.1 Å². The molecule has 0 saturated carbocycles. The fraction of sp³-hybridized carbons (Fsp3) is 0.217. The van der Waals surface area contributed by atoms with E-state index in [4.69, 9.17) is 25.9 Å². The first-order valence-corrected chi connectivity index (χ1v) is 10.5. The number of ether oxygens (including phenoxy) is 1. The Kier molecular flexibility index (Phi) is 6.05. The average Bonchev–Trinajstić information content (AvgIpc) is 3.42. The van der Waals surface area contributed by atoms with Crippen LogP contribution >= 0.6 is 11.6 Å². The molecule has 2 aromatic heterocycles. The number of hydrogen-bond acceptors (Lipinski definition) is 6. The number of rotatable bonds is 6. The molecule has 12 heteroatoms. The normalized spacial score (nSPS) is 12.1. The highest BCUT2D eigenvalue weighted by molar-refractivity contribution is 6.30. The number of halogens is 4. The summed E-state index contributed by atoms with van der Waals surface area (Å²) in [6.07, 6.45) is -3.59. The zero-order chi connectivity index (χ0) is 25.5. The molecule has 0 aliphatic rings. The van der Waals surface area contributed by atoms with Crippen LogP contribution in [0, 0.1) is 0 Å². The van der Waals surface area contributed by atoms with Gasteiger partial charge in [0.05, 0.1) is 11.1 Å². The number of alkyl halides is 3. The topological polar surface area (TPSA) is 103 Å². The summed E-state index contributed by atoms with van der Waals surface area (Å²) in [7, 11) is 1.54. The number of benzene rings is 2. The summed E-state index contributed by atoms with van der Waals surface area (Å²) in [6, 6.07) is 9.68. The standard InChI is InChI=1S/C23H18ClF3N4O4/c1-22(2,21-30-29-18(31(21)3)13-6-4-5-7-15(13)23(25,26)27)35-17-9-8-12(24)10-14(17)19-28-16(11-34-19)20(32)33/h4-11H,1-3H3,(H,32,33). The number of hydrogen-bond donors (Lipinski definition) is 1. The van der Waals surface area contributed by atoms with Gasteiger partial charge in [-0.2, -0.15) is 13.2 Å². The van der Waals surface area contributed by atoms with Gasteiger partial charge in [0.25, 0.3) is 0 Å². The largest absolute Gasteiger partial charge is 0.479 e. The van der Waals surface area contributed by atoms with Crippen molar-refractivity contribution in [1.82, 2.24) is 19.7 Å². The van der Waals surface area contributed by atoms with Crippen LogP contribution in [0.2, 0.25) is 5.02 Å². The second-order valence-electron chi connectivity index (χ2n) is 8.05. The Bertz CT molecular complexity index is 1410. The van der Waals surface area contributed by atoms with Crippen molar-refractivity contribution in [3.05, 3.63) is 70.8 Å². The summed E-state index contributed by atoms with van der Waals surface area (Å²) in [6.45, 7) is 3.32. The van der Waals surface area contributed by atoms with Crippen molar-refractivity contribution < 1.29 is 32.2 Å². The molecule has 0 aliphatic carbocycles. The number of carboxylic acid groups (broad SMARTS) is 1. The molecule has 0 radical (unpaired) electrons. The summed E-state index contributed by atoms with van der Waals surface area (Å²) in [5.74, 6) is -0.814. The van der Waals surface area contributed by atoms with Crippen LogP contribution in [0.3, 0.4) is 0 Å². The van der Waals surface area contributed by atoms with E-state index in [0.717, 1.165) is 12.3 Å². The minimum atomic E-state index is -4.57. The quantitative estimate of drug-likeness (QED) is 0.351. The lowest BCUT2D eigenvalue weighted by Gasteiger charge is -2.26. The minimum absolute atomic E-state index is 0.0136. The molecule has 2 aromatic carbocycles. The van der Waals surface area contributed by atoms with E-state index in [0.29, 0.717) is 5.02 Å². The molecule has 0 aliphatic heterocycles. The number of aromatic carboxylic acids is 1. The van der Waals surface area contributed by atoms with Crippen LogP contribution in [0.5, 0.6) is 5.75 Å². The van der Waals surface area contributed by atoms with Crippen LogP contribution in [-0.4, -0.2) is 30.8 Å². The van der Waals surface area contributed by atoms with Crippen LogP contribution in [-0.2, 0) is 18.8 Å². The molecule has 0 spiro atoms. The Morgan fingerprint density at radius 3 is 2.49 bits per heavy atom. The molecule has 4 aromatic rings. The number of aromatic nitrogens is 4. The molecular formula is C23H18ClF3N4O4. The third-order valence-electron chi connectivity index (χ3n) is 5.15. The Balaban J connectivity index is 1.73. The predicted molar refractivity (Wildman–Crippen MR) is 119 cm³/mol. The summed E-state index contributed by atoms with van der Waals surface area (Å²) in [4.78, 5) is 15.1. The highest BCUT2D eigenvalue weighted by atomic mass is 35.5. The first-order valence-electron chi connectivity index (χ1n) is 10.1. The first-order chi connectivity index (χ1) is 16.4. The summed E-state index contributed by atoms with van der Waals surface area (Å²) in [5.41, 5.74) is -2.17. The maximum absolute atomic E-state index is 13.5. The van der Waals surface area contributed by atoms with Gasteiger partial charge in [0.15, 0.2) is 22.9 Å². The van der Waals surface area contributed by atoms with E-state index in [1.54, 1.807) is 33.0 Å². The SMILES string of the molecule is Cn1c(-c2ccccc2C(F)(F)F)nnc1C(C)(C)Oc1ccc(Cl)cc1-c1nc(C(=O)O)co1. The van der Waals surface area contributed by atoms with Crippen molar-refractivity contribution in [3.63, 3.8) is 0 Å². The Morgan fingerprint density at radius 2 is 1.83 bits per heavy atom. The second-order valence-corrected chi connectivity index (χ2v) is 8.48.